The summed E-state index contributed by atoms with van der Waals surface area (Å²) in [4.78, 5) is 12.4. The van der Waals surface area contributed by atoms with Gasteiger partial charge in [-0.25, -0.2) is 4.79 Å². The van der Waals surface area contributed by atoms with E-state index in [2.05, 4.69) is 30.0 Å². The molecule has 1 fully saturated rings. The van der Waals surface area contributed by atoms with E-state index in [-0.39, 0.29) is 5.97 Å². The molecule has 0 unspecified atom stereocenters. The maximum atomic E-state index is 12.4. The third-order valence-electron chi connectivity index (χ3n) is 5.09. The second-order valence-corrected chi connectivity index (χ2v) is 8.06. The molecular weight excluding hydrogens is 370 g/mol. The average molecular weight is 395 g/mol. The number of nitrogens with zero attached hydrogens (tertiary/aromatic N) is 1. The van der Waals surface area contributed by atoms with Crippen molar-refractivity contribution in [3.63, 3.8) is 0 Å². The van der Waals surface area contributed by atoms with E-state index in [4.69, 9.17) is 9.15 Å². The Balaban J connectivity index is 2.04. The molecule has 0 bridgehead atoms. The number of carbonyl (C=O) groups is 1. The van der Waals surface area contributed by atoms with Crippen LogP contribution >= 0.6 is 15.9 Å². The number of rotatable bonds is 5. The van der Waals surface area contributed by atoms with E-state index in [1.807, 2.05) is 25.1 Å². The molecule has 0 amide bonds. The topological polar surface area (TPSA) is 39.4 Å². The van der Waals surface area contributed by atoms with Gasteiger partial charge in [-0.1, -0.05) is 15.9 Å². The van der Waals surface area contributed by atoms with E-state index in [1.165, 1.54) is 25.7 Å². The second-order valence-electron chi connectivity index (χ2n) is 7.15. The Morgan fingerprint density at radius 3 is 2.71 bits per heavy atom. The Hall–Kier alpha value is -1.33. The number of esters is 1. The van der Waals surface area contributed by atoms with Crippen LogP contribution in [0.1, 0.15) is 48.7 Å². The molecule has 4 nitrogen and oxygen atoms in total. The van der Waals surface area contributed by atoms with Gasteiger partial charge in [0.1, 0.15) is 12.1 Å². The summed E-state index contributed by atoms with van der Waals surface area (Å²) in [6.07, 6.45) is 5.10. The summed E-state index contributed by atoms with van der Waals surface area (Å²) >= 11 is 3.53. The van der Waals surface area contributed by atoms with Gasteiger partial charge >= 0.3 is 5.97 Å². The standard InChI is InChI=1S/C19H25BrNO3/c1-4-23-19(22)18-16(12-21(2,3)14-7-5-6-8-14)15-11-13(20)9-10-17(15)24-18/h9-11,14H,4-8,12H2,1-3H3/q+1. The summed E-state index contributed by atoms with van der Waals surface area (Å²) in [6.45, 7) is 2.93. The minimum atomic E-state index is -0.369. The lowest BCUT2D eigenvalue weighted by Gasteiger charge is -2.36. The molecule has 0 radical (unpaired) electrons. The molecule has 130 valence electrons. The summed E-state index contributed by atoms with van der Waals surface area (Å²) in [5.74, 6) is -0.0135. The first-order valence-electron chi connectivity index (χ1n) is 8.63. The average Bonchev–Trinajstić information content (AvgIpc) is 3.16. The molecule has 1 aromatic heterocycles. The number of ether oxygens (including phenoxy) is 1. The predicted molar refractivity (Wildman–Crippen MR) is 97.9 cm³/mol. The Kier molecular flexibility index (Phi) is 5.02. The molecule has 0 N–H and O–H groups in total. The zero-order chi connectivity index (χ0) is 17.3. The largest absolute Gasteiger partial charge is 0.460 e. The lowest BCUT2D eigenvalue weighted by atomic mass is 10.1. The summed E-state index contributed by atoms with van der Waals surface area (Å²) in [7, 11) is 4.50. The maximum absolute atomic E-state index is 12.4. The molecule has 1 saturated carbocycles. The highest BCUT2D eigenvalue weighted by Crippen LogP contribution is 2.34. The van der Waals surface area contributed by atoms with Crippen LogP contribution in [0.5, 0.6) is 0 Å². The Bertz CT molecular complexity index is 744. The minimum Gasteiger partial charge on any atom is -0.460 e. The first-order valence-corrected chi connectivity index (χ1v) is 9.42. The molecule has 5 heteroatoms. The molecule has 1 heterocycles. The van der Waals surface area contributed by atoms with Crippen molar-refractivity contribution in [1.82, 2.24) is 0 Å². The van der Waals surface area contributed by atoms with Crippen LogP contribution in [0, 0.1) is 0 Å². The van der Waals surface area contributed by atoms with Crippen molar-refractivity contribution in [3.05, 3.63) is 34.0 Å². The number of hydrogen-bond acceptors (Lipinski definition) is 3. The van der Waals surface area contributed by atoms with Crippen LogP contribution in [0.15, 0.2) is 27.1 Å². The molecule has 0 saturated heterocycles. The van der Waals surface area contributed by atoms with Crippen LogP contribution in [-0.2, 0) is 11.3 Å². The number of benzene rings is 1. The first kappa shape index (κ1) is 17.5. The lowest BCUT2D eigenvalue weighted by molar-refractivity contribution is -0.927. The van der Waals surface area contributed by atoms with Crippen molar-refractivity contribution in [1.29, 1.82) is 0 Å². The number of hydrogen-bond donors (Lipinski definition) is 0. The number of halogens is 1. The van der Waals surface area contributed by atoms with Gasteiger partial charge in [0.25, 0.3) is 0 Å². The number of furan rings is 1. The van der Waals surface area contributed by atoms with Gasteiger partial charge in [0, 0.05) is 9.86 Å². The van der Waals surface area contributed by atoms with Crippen molar-refractivity contribution in [3.8, 4) is 0 Å². The number of fused-ring (bicyclic) bond motifs is 1. The Morgan fingerprint density at radius 2 is 2.04 bits per heavy atom. The summed E-state index contributed by atoms with van der Waals surface area (Å²) in [5, 5.41) is 0.997. The highest BCUT2D eigenvalue weighted by molar-refractivity contribution is 9.10. The Labute approximate surface area is 151 Å². The van der Waals surface area contributed by atoms with Crippen molar-refractivity contribution in [2.45, 2.75) is 45.2 Å². The van der Waals surface area contributed by atoms with E-state index in [0.29, 0.717) is 18.4 Å². The van der Waals surface area contributed by atoms with Crippen LogP contribution in [0.25, 0.3) is 11.0 Å². The van der Waals surface area contributed by atoms with Crippen molar-refractivity contribution in [2.75, 3.05) is 20.7 Å². The van der Waals surface area contributed by atoms with Crippen LogP contribution in [0.3, 0.4) is 0 Å². The third kappa shape index (κ3) is 3.38. The van der Waals surface area contributed by atoms with Crippen molar-refractivity contribution in [2.24, 2.45) is 0 Å². The first-order chi connectivity index (χ1) is 11.4. The SMILES string of the molecule is CCOC(=O)c1oc2ccc(Br)cc2c1C[N+](C)(C)C1CCCC1. The van der Waals surface area contributed by atoms with Crippen LogP contribution in [0.2, 0.25) is 0 Å². The number of quaternary nitrogens is 1. The minimum absolute atomic E-state index is 0.347. The summed E-state index contributed by atoms with van der Waals surface area (Å²) in [5.41, 5.74) is 1.70. The fourth-order valence-electron chi connectivity index (χ4n) is 3.78. The maximum Gasteiger partial charge on any atom is 0.374 e. The zero-order valence-electron chi connectivity index (χ0n) is 14.6. The number of carbonyl (C=O) groups excluding carboxylic acids is 1. The molecule has 3 rings (SSSR count). The van der Waals surface area contributed by atoms with Gasteiger partial charge in [-0.3, -0.25) is 0 Å². The van der Waals surface area contributed by atoms with E-state index in [9.17, 15) is 4.79 Å². The molecule has 1 aromatic carbocycles. The van der Waals surface area contributed by atoms with E-state index < -0.39 is 0 Å². The third-order valence-corrected chi connectivity index (χ3v) is 5.59. The van der Waals surface area contributed by atoms with E-state index >= 15 is 0 Å². The van der Waals surface area contributed by atoms with Crippen LogP contribution in [0.4, 0.5) is 0 Å². The van der Waals surface area contributed by atoms with E-state index in [1.54, 1.807) is 0 Å². The molecule has 0 spiro atoms. The molecule has 1 aliphatic rings. The highest BCUT2D eigenvalue weighted by atomic mass is 79.9. The van der Waals surface area contributed by atoms with Gasteiger partial charge in [-0.15, -0.1) is 0 Å². The second kappa shape index (κ2) is 6.89. The molecule has 0 aliphatic heterocycles. The van der Waals surface area contributed by atoms with Gasteiger partial charge in [0.15, 0.2) is 0 Å². The van der Waals surface area contributed by atoms with Crippen molar-refractivity contribution < 1.29 is 18.4 Å². The molecule has 2 aromatic rings. The van der Waals surface area contributed by atoms with Gasteiger partial charge in [-0.05, 0) is 50.8 Å². The highest BCUT2D eigenvalue weighted by Gasteiger charge is 2.34. The predicted octanol–water partition coefficient (Wildman–Crippen LogP) is 4.89. The van der Waals surface area contributed by atoms with Gasteiger partial charge < -0.3 is 13.6 Å². The van der Waals surface area contributed by atoms with E-state index in [0.717, 1.165) is 32.0 Å². The van der Waals surface area contributed by atoms with Crippen LogP contribution in [-0.4, -0.2) is 37.2 Å². The smallest absolute Gasteiger partial charge is 0.374 e. The monoisotopic (exact) mass is 394 g/mol. The quantitative estimate of drug-likeness (QED) is 0.535. The fraction of sp³-hybridized carbons (Fsp3) is 0.526. The van der Waals surface area contributed by atoms with Crippen molar-refractivity contribution >= 4 is 32.9 Å². The molecule has 1 aliphatic carbocycles. The normalized spacial score (nSPS) is 16.0. The molecular formula is C19H25BrNO3+. The lowest BCUT2D eigenvalue weighted by Crippen LogP contribution is -2.46. The molecule has 24 heavy (non-hydrogen) atoms. The summed E-state index contributed by atoms with van der Waals surface area (Å²) < 4.78 is 12.9. The summed E-state index contributed by atoms with van der Waals surface area (Å²) in [6, 6.07) is 6.51. The van der Waals surface area contributed by atoms with Gasteiger partial charge in [0.2, 0.25) is 5.76 Å². The molecule has 0 atom stereocenters. The van der Waals surface area contributed by atoms with Crippen LogP contribution < -0.4 is 0 Å². The van der Waals surface area contributed by atoms with Gasteiger partial charge in [0.05, 0.1) is 32.3 Å². The Morgan fingerprint density at radius 1 is 1.33 bits per heavy atom. The fourth-order valence-corrected chi connectivity index (χ4v) is 4.14. The zero-order valence-corrected chi connectivity index (χ0v) is 16.2. The van der Waals surface area contributed by atoms with Gasteiger partial charge in [-0.2, -0.15) is 0 Å².